The molecule has 0 amide bonds. The number of rotatable bonds is 8. The number of benzene rings is 4. The average Bonchev–Trinajstić information content (AvgIpc) is 2.81. The Balaban J connectivity index is 1.26. The molecule has 4 aromatic carbocycles. The normalized spacial score (nSPS) is 10.8. The fraction of sp³-hybridized carbons (Fsp3) is 0.111. The zero-order valence-electron chi connectivity index (χ0n) is 17.5. The highest BCUT2D eigenvalue weighted by Gasteiger charge is 2.09. The maximum absolute atomic E-state index is 14.4. The number of ether oxygens (including phenoxy) is 2. The van der Waals surface area contributed by atoms with Crippen molar-refractivity contribution in [2.45, 2.75) is 6.42 Å². The Bertz CT molecular complexity index is 1130. The van der Waals surface area contributed by atoms with Crippen molar-refractivity contribution in [2.24, 2.45) is 0 Å². The summed E-state index contributed by atoms with van der Waals surface area (Å²) in [5.74, 6) is -0.957. The average molecular weight is 452 g/mol. The van der Waals surface area contributed by atoms with E-state index in [0.29, 0.717) is 40.2 Å². The molecule has 2 nitrogen and oxygen atoms in total. The van der Waals surface area contributed by atoms with Gasteiger partial charge in [-0.15, -0.1) is 0 Å². The highest BCUT2D eigenvalue weighted by molar-refractivity contribution is 5.65. The third-order valence-corrected chi connectivity index (χ3v) is 5.02. The van der Waals surface area contributed by atoms with E-state index in [4.69, 9.17) is 9.47 Å². The van der Waals surface area contributed by atoms with E-state index >= 15 is 0 Å². The minimum absolute atomic E-state index is 0.283. The van der Waals surface area contributed by atoms with Gasteiger partial charge < -0.3 is 9.47 Å². The van der Waals surface area contributed by atoms with Crippen molar-refractivity contribution in [3.05, 3.63) is 108 Å². The van der Waals surface area contributed by atoms with Crippen LogP contribution in [0.15, 0.2) is 84.9 Å². The van der Waals surface area contributed by atoms with E-state index < -0.39 is 11.6 Å². The first-order chi connectivity index (χ1) is 16.0. The number of halogens is 4. The summed E-state index contributed by atoms with van der Waals surface area (Å²) in [5, 5.41) is 0. The molecule has 4 aromatic rings. The van der Waals surface area contributed by atoms with Crippen molar-refractivity contribution >= 4 is 0 Å². The van der Waals surface area contributed by atoms with Crippen LogP contribution in [0, 0.1) is 23.3 Å². The standard InChI is InChI=1S/C27H20F4O2/c28-20-6-2-18(3-7-20)24-12-10-22(16-26(24)30)32-14-1-15-33-23-11-13-25(27(31)17-23)19-4-8-21(29)9-5-19/h2-13,16-17H,1,14-15H2. The second-order valence-electron chi connectivity index (χ2n) is 7.35. The molecule has 0 saturated carbocycles. The van der Waals surface area contributed by atoms with Gasteiger partial charge in [-0.05, 0) is 59.7 Å². The van der Waals surface area contributed by atoms with Crippen LogP contribution in [0.5, 0.6) is 11.5 Å². The summed E-state index contributed by atoms with van der Waals surface area (Å²) in [6, 6.07) is 20.2. The molecule has 0 N–H and O–H groups in total. The van der Waals surface area contributed by atoms with Gasteiger partial charge in [0.05, 0.1) is 13.2 Å². The fourth-order valence-electron chi connectivity index (χ4n) is 3.34. The minimum atomic E-state index is -0.466. The first-order valence-electron chi connectivity index (χ1n) is 10.4. The zero-order chi connectivity index (χ0) is 23.2. The van der Waals surface area contributed by atoms with Crippen molar-refractivity contribution in [3.8, 4) is 33.8 Å². The summed E-state index contributed by atoms with van der Waals surface area (Å²) in [4.78, 5) is 0. The molecule has 33 heavy (non-hydrogen) atoms. The third kappa shape index (κ3) is 5.71. The third-order valence-electron chi connectivity index (χ3n) is 5.02. The molecular weight excluding hydrogens is 432 g/mol. The van der Waals surface area contributed by atoms with Gasteiger partial charge in [-0.2, -0.15) is 0 Å². The summed E-state index contributed by atoms with van der Waals surface area (Å²) in [7, 11) is 0. The summed E-state index contributed by atoms with van der Waals surface area (Å²) < 4.78 is 66.0. The molecule has 0 aliphatic heterocycles. The first kappa shape index (κ1) is 22.4. The molecule has 168 valence electrons. The largest absolute Gasteiger partial charge is 0.493 e. The van der Waals surface area contributed by atoms with Crippen LogP contribution in [0.1, 0.15) is 6.42 Å². The summed E-state index contributed by atoms with van der Waals surface area (Å²) in [6.45, 7) is 0.566. The molecule has 0 saturated heterocycles. The van der Waals surface area contributed by atoms with E-state index in [1.165, 1.54) is 60.7 Å². The van der Waals surface area contributed by atoms with Crippen molar-refractivity contribution in [1.82, 2.24) is 0 Å². The Labute approximate surface area is 189 Å². The fourth-order valence-corrected chi connectivity index (χ4v) is 3.34. The lowest BCUT2D eigenvalue weighted by molar-refractivity contribution is 0.246. The predicted octanol–water partition coefficient (Wildman–Crippen LogP) is 7.42. The summed E-state index contributed by atoms with van der Waals surface area (Å²) >= 11 is 0. The van der Waals surface area contributed by atoms with E-state index in [2.05, 4.69) is 0 Å². The van der Waals surface area contributed by atoms with Crippen molar-refractivity contribution in [1.29, 1.82) is 0 Å². The van der Waals surface area contributed by atoms with Crippen LogP contribution in [0.4, 0.5) is 17.6 Å². The summed E-state index contributed by atoms with van der Waals surface area (Å²) in [6.07, 6.45) is 0.503. The smallest absolute Gasteiger partial charge is 0.134 e. The maximum Gasteiger partial charge on any atom is 0.134 e. The lowest BCUT2D eigenvalue weighted by Crippen LogP contribution is -2.05. The second-order valence-corrected chi connectivity index (χ2v) is 7.35. The van der Waals surface area contributed by atoms with Crippen LogP contribution in [0.2, 0.25) is 0 Å². The molecule has 0 aromatic heterocycles. The van der Waals surface area contributed by atoms with E-state index in [1.54, 1.807) is 24.3 Å². The van der Waals surface area contributed by atoms with Gasteiger partial charge in [-0.1, -0.05) is 24.3 Å². The molecule has 0 heterocycles. The predicted molar refractivity (Wildman–Crippen MR) is 119 cm³/mol. The van der Waals surface area contributed by atoms with Crippen molar-refractivity contribution in [3.63, 3.8) is 0 Å². The molecule has 0 aliphatic carbocycles. The molecule has 4 rings (SSSR count). The van der Waals surface area contributed by atoms with Gasteiger partial charge in [-0.25, -0.2) is 17.6 Å². The Hall–Kier alpha value is -3.80. The molecule has 0 fully saturated rings. The van der Waals surface area contributed by atoms with Gasteiger partial charge in [0.15, 0.2) is 0 Å². The minimum Gasteiger partial charge on any atom is -0.493 e. The van der Waals surface area contributed by atoms with E-state index in [-0.39, 0.29) is 24.8 Å². The van der Waals surface area contributed by atoms with Crippen molar-refractivity contribution < 1.29 is 27.0 Å². The molecule has 0 bridgehead atoms. The number of hydrogen-bond acceptors (Lipinski definition) is 2. The Morgan fingerprint density at radius 3 is 1.24 bits per heavy atom. The molecule has 0 spiro atoms. The van der Waals surface area contributed by atoms with Crippen LogP contribution in [0.25, 0.3) is 22.3 Å². The SMILES string of the molecule is Fc1ccc(-c2ccc(OCCCOc3ccc(-c4ccc(F)cc4)c(F)c3)cc2F)cc1. The zero-order valence-corrected chi connectivity index (χ0v) is 17.5. The Morgan fingerprint density at radius 2 is 0.879 bits per heavy atom. The number of hydrogen-bond donors (Lipinski definition) is 0. The first-order valence-corrected chi connectivity index (χ1v) is 10.4. The lowest BCUT2D eigenvalue weighted by Gasteiger charge is -2.11. The molecule has 6 heteroatoms. The van der Waals surface area contributed by atoms with E-state index in [0.717, 1.165) is 0 Å². The van der Waals surface area contributed by atoms with Crippen LogP contribution >= 0.6 is 0 Å². The van der Waals surface area contributed by atoms with Crippen LogP contribution in [0.3, 0.4) is 0 Å². The Kier molecular flexibility index (Phi) is 6.93. The quantitative estimate of drug-likeness (QED) is 0.205. The van der Waals surface area contributed by atoms with Crippen LogP contribution in [-0.4, -0.2) is 13.2 Å². The monoisotopic (exact) mass is 452 g/mol. The topological polar surface area (TPSA) is 18.5 Å². The highest BCUT2D eigenvalue weighted by atomic mass is 19.1. The molecule has 0 radical (unpaired) electrons. The summed E-state index contributed by atoms with van der Waals surface area (Å²) in [5.41, 5.74) is 1.87. The van der Waals surface area contributed by atoms with Crippen LogP contribution in [-0.2, 0) is 0 Å². The van der Waals surface area contributed by atoms with Gasteiger partial charge in [-0.3, -0.25) is 0 Å². The highest BCUT2D eigenvalue weighted by Crippen LogP contribution is 2.28. The molecule has 0 aliphatic rings. The van der Waals surface area contributed by atoms with E-state index in [9.17, 15) is 17.6 Å². The van der Waals surface area contributed by atoms with Crippen LogP contribution < -0.4 is 9.47 Å². The maximum atomic E-state index is 14.4. The Morgan fingerprint density at radius 1 is 0.485 bits per heavy atom. The molecule has 0 atom stereocenters. The van der Waals surface area contributed by atoms with Gasteiger partial charge in [0, 0.05) is 29.7 Å². The van der Waals surface area contributed by atoms with Gasteiger partial charge >= 0.3 is 0 Å². The molecule has 0 unspecified atom stereocenters. The lowest BCUT2D eigenvalue weighted by atomic mass is 10.1. The van der Waals surface area contributed by atoms with Crippen molar-refractivity contribution in [2.75, 3.05) is 13.2 Å². The van der Waals surface area contributed by atoms with Gasteiger partial charge in [0.2, 0.25) is 0 Å². The second kappa shape index (κ2) is 10.2. The molecular formula is C27H20F4O2. The van der Waals surface area contributed by atoms with Gasteiger partial charge in [0.1, 0.15) is 34.8 Å². The van der Waals surface area contributed by atoms with E-state index in [1.807, 2.05) is 0 Å². The van der Waals surface area contributed by atoms with Gasteiger partial charge in [0.25, 0.3) is 0 Å².